The highest BCUT2D eigenvalue weighted by atomic mass is 32.1. The summed E-state index contributed by atoms with van der Waals surface area (Å²) in [6, 6.07) is 45.8. The Morgan fingerprint density at radius 1 is 0.755 bits per heavy atom. The second-order valence-electron chi connectivity index (χ2n) is 13.5. The summed E-state index contributed by atoms with van der Waals surface area (Å²) >= 11 is 1.44. The second-order valence-corrected chi connectivity index (χ2v) is 14.5. The average Bonchev–Trinajstić information content (AvgIpc) is 3.74. The number of aryl methyl sites for hydroxylation is 2. The van der Waals surface area contributed by atoms with Gasteiger partial charge in [-0.25, -0.2) is 4.99 Å². The summed E-state index contributed by atoms with van der Waals surface area (Å²) in [5.74, 6) is 1.27. The van der Waals surface area contributed by atoms with Gasteiger partial charge in [0.25, 0.3) is 5.56 Å². The number of hydrogen-bond donors (Lipinski definition) is 0. The van der Waals surface area contributed by atoms with Gasteiger partial charge in [-0.1, -0.05) is 120 Å². The first kappa shape index (κ1) is 32.7. The lowest BCUT2D eigenvalue weighted by Gasteiger charge is -2.31. The first-order valence-corrected chi connectivity index (χ1v) is 18.6. The summed E-state index contributed by atoms with van der Waals surface area (Å²) in [6.07, 6.45) is 3.75. The summed E-state index contributed by atoms with van der Waals surface area (Å²) in [5, 5.41) is 0. The van der Waals surface area contributed by atoms with E-state index in [1.165, 1.54) is 22.5 Å². The molecule has 53 heavy (non-hydrogen) atoms. The average molecular weight is 712 g/mol. The molecule has 260 valence electrons. The monoisotopic (exact) mass is 711 g/mol. The van der Waals surface area contributed by atoms with E-state index >= 15 is 0 Å². The van der Waals surface area contributed by atoms with Crippen LogP contribution >= 0.6 is 11.3 Å². The minimum atomic E-state index is -0.345. The molecule has 0 radical (unpaired) electrons. The first-order valence-electron chi connectivity index (χ1n) is 17.8. The van der Waals surface area contributed by atoms with Crippen molar-refractivity contribution in [3.05, 3.63) is 187 Å². The van der Waals surface area contributed by atoms with Crippen LogP contribution in [0.15, 0.2) is 149 Å². The van der Waals surface area contributed by atoms with Gasteiger partial charge >= 0.3 is 0 Å². The number of ether oxygens (including phenoxy) is 2. The Labute approximate surface area is 311 Å². The third kappa shape index (κ3) is 5.65. The van der Waals surface area contributed by atoms with Crippen LogP contribution in [0.1, 0.15) is 40.3 Å². The largest absolute Gasteiger partial charge is 0.493 e. The molecule has 0 bridgehead atoms. The zero-order valence-corrected chi connectivity index (χ0v) is 30.6. The molecule has 7 aromatic rings. The molecule has 0 saturated carbocycles. The molecule has 1 aliphatic heterocycles. The molecular weight excluding hydrogens is 675 g/mol. The summed E-state index contributed by atoms with van der Waals surface area (Å²) < 4.78 is 16.2. The van der Waals surface area contributed by atoms with Crippen LogP contribution in [0.5, 0.6) is 11.5 Å². The summed E-state index contributed by atoms with van der Waals surface area (Å²) in [4.78, 5) is 20.9. The fourth-order valence-corrected chi connectivity index (χ4v) is 8.79. The molecule has 2 aliphatic rings. The van der Waals surface area contributed by atoms with E-state index in [2.05, 4.69) is 121 Å². The maximum atomic E-state index is 14.9. The lowest BCUT2D eigenvalue weighted by Crippen LogP contribution is -2.38. The van der Waals surface area contributed by atoms with Gasteiger partial charge in [-0.05, 0) is 84.0 Å². The van der Waals surface area contributed by atoms with E-state index in [9.17, 15) is 4.79 Å². The third-order valence-corrected chi connectivity index (χ3v) is 11.3. The molecule has 3 heterocycles. The van der Waals surface area contributed by atoms with Gasteiger partial charge in [0.2, 0.25) is 0 Å². The molecule has 6 nitrogen and oxygen atoms in total. The van der Waals surface area contributed by atoms with Crippen LogP contribution < -0.4 is 24.4 Å². The van der Waals surface area contributed by atoms with E-state index in [1.54, 1.807) is 14.2 Å². The maximum Gasteiger partial charge on any atom is 0.271 e. The van der Waals surface area contributed by atoms with E-state index in [0.717, 1.165) is 69.0 Å². The quantitative estimate of drug-likeness (QED) is 0.166. The molecule has 0 N–H and O–H groups in total. The lowest BCUT2D eigenvalue weighted by molar-refractivity contribution is 0.354. The van der Waals surface area contributed by atoms with E-state index in [0.29, 0.717) is 20.8 Å². The van der Waals surface area contributed by atoms with Crippen molar-refractivity contribution in [2.75, 3.05) is 14.2 Å². The fraction of sp³-hybridized carbons (Fsp3) is 0.130. The minimum absolute atomic E-state index is 0.0673. The molecule has 5 aromatic carbocycles. The molecule has 0 unspecified atom stereocenters. The predicted molar refractivity (Wildman–Crippen MR) is 214 cm³/mol. The standard InChI is InChI=1S/C46H37N3O3S/c1-29-18-22-35(23-19-29)48-38(31-13-6-4-7-14-31)26-34(43(48)32-15-8-5-9-16-32)28-41-45(50)49-44(33-21-25-39(51-2)40(27-33)52-3)37-24-20-30-12-10-11-17-36(30)42(37)47-46(49)53-41/h4-19,21-23,25-28,44H,20,24H2,1-3H3/b41-28+/t44-/m0/s1. The zero-order valence-electron chi connectivity index (χ0n) is 29.7. The fourth-order valence-electron chi connectivity index (χ4n) is 7.80. The van der Waals surface area contributed by atoms with Crippen LogP contribution in [0.4, 0.5) is 0 Å². The van der Waals surface area contributed by atoms with Crippen molar-refractivity contribution in [3.8, 4) is 39.7 Å². The van der Waals surface area contributed by atoms with Crippen LogP contribution in [-0.2, 0) is 6.42 Å². The first-order chi connectivity index (χ1) is 26.0. The van der Waals surface area contributed by atoms with E-state index in [1.807, 2.05) is 34.9 Å². The summed E-state index contributed by atoms with van der Waals surface area (Å²) in [7, 11) is 3.28. The molecule has 9 rings (SSSR count). The summed E-state index contributed by atoms with van der Waals surface area (Å²) in [6.45, 7) is 2.10. The van der Waals surface area contributed by atoms with Crippen LogP contribution in [0.2, 0.25) is 0 Å². The maximum absolute atomic E-state index is 14.9. The van der Waals surface area contributed by atoms with Gasteiger partial charge < -0.3 is 14.0 Å². The SMILES string of the molecule is COc1ccc([C@H]2C3=C(N=c4s/c(=C/c5cc(-c6ccccc6)n(-c6ccc(C)cc6)c5-c5ccccc5)c(=O)n42)c2ccccc2CC3)cc1OC. The van der Waals surface area contributed by atoms with Crippen molar-refractivity contribution in [1.29, 1.82) is 0 Å². The van der Waals surface area contributed by atoms with Crippen LogP contribution in [0.25, 0.3) is 40.0 Å². The number of benzene rings is 5. The van der Waals surface area contributed by atoms with Gasteiger partial charge in [0.15, 0.2) is 16.3 Å². The van der Waals surface area contributed by atoms with Crippen molar-refractivity contribution in [1.82, 2.24) is 9.13 Å². The normalized spacial score (nSPS) is 15.0. The third-order valence-electron chi connectivity index (χ3n) is 10.3. The zero-order chi connectivity index (χ0) is 36.1. The van der Waals surface area contributed by atoms with Crippen molar-refractivity contribution in [3.63, 3.8) is 0 Å². The molecule has 0 fully saturated rings. The second kappa shape index (κ2) is 13.4. The Kier molecular flexibility index (Phi) is 8.28. The Morgan fingerprint density at radius 2 is 1.45 bits per heavy atom. The summed E-state index contributed by atoms with van der Waals surface area (Å²) in [5.41, 5.74) is 12.8. The van der Waals surface area contributed by atoms with Gasteiger partial charge in [-0.15, -0.1) is 0 Å². The highest BCUT2D eigenvalue weighted by Crippen LogP contribution is 2.43. The number of hydrogen-bond acceptors (Lipinski definition) is 5. The number of thiazole rings is 1. The van der Waals surface area contributed by atoms with Crippen molar-refractivity contribution in [2.45, 2.75) is 25.8 Å². The van der Waals surface area contributed by atoms with Crippen molar-refractivity contribution < 1.29 is 9.47 Å². The van der Waals surface area contributed by atoms with Crippen molar-refractivity contribution in [2.24, 2.45) is 4.99 Å². The number of nitrogens with zero attached hydrogens (tertiary/aromatic N) is 3. The molecule has 2 aromatic heterocycles. The highest BCUT2D eigenvalue weighted by molar-refractivity contribution is 7.07. The molecule has 0 saturated heterocycles. The number of allylic oxidation sites excluding steroid dienone is 1. The van der Waals surface area contributed by atoms with E-state index in [-0.39, 0.29) is 11.6 Å². The van der Waals surface area contributed by atoms with Gasteiger partial charge in [-0.3, -0.25) is 9.36 Å². The Morgan fingerprint density at radius 3 is 2.19 bits per heavy atom. The number of rotatable bonds is 7. The number of methoxy groups -OCH3 is 2. The Balaban J connectivity index is 1.32. The van der Waals surface area contributed by atoms with Crippen LogP contribution in [-0.4, -0.2) is 23.4 Å². The predicted octanol–water partition coefficient (Wildman–Crippen LogP) is 8.77. The molecule has 1 atom stereocenters. The number of fused-ring (bicyclic) bond motifs is 3. The Hall–Kier alpha value is -6.18. The van der Waals surface area contributed by atoms with Crippen LogP contribution in [0, 0.1) is 6.92 Å². The molecule has 7 heteroatoms. The van der Waals surface area contributed by atoms with Crippen molar-refractivity contribution >= 4 is 23.1 Å². The molecule has 1 aliphatic carbocycles. The lowest BCUT2D eigenvalue weighted by atomic mass is 9.83. The van der Waals surface area contributed by atoms with Crippen LogP contribution in [0.3, 0.4) is 0 Å². The van der Waals surface area contributed by atoms with Gasteiger partial charge in [0.1, 0.15) is 0 Å². The van der Waals surface area contributed by atoms with E-state index < -0.39 is 0 Å². The van der Waals surface area contributed by atoms with Gasteiger partial charge in [0, 0.05) is 16.8 Å². The highest BCUT2D eigenvalue weighted by Gasteiger charge is 2.33. The molecule has 0 spiro atoms. The van der Waals surface area contributed by atoms with Gasteiger partial charge in [0.05, 0.1) is 41.9 Å². The molecular formula is C46H37N3O3S. The minimum Gasteiger partial charge on any atom is -0.493 e. The number of aromatic nitrogens is 2. The van der Waals surface area contributed by atoms with Gasteiger partial charge in [-0.2, -0.15) is 0 Å². The molecule has 0 amide bonds. The smallest absolute Gasteiger partial charge is 0.271 e. The Bertz CT molecular complexity index is 2720. The van der Waals surface area contributed by atoms with E-state index in [4.69, 9.17) is 14.5 Å². The topological polar surface area (TPSA) is 57.8 Å².